The van der Waals surface area contributed by atoms with Gasteiger partial charge in [0.1, 0.15) is 0 Å². The van der Waals surface area contributed by atoms with Crippen molar-refractivity contribution in [2.45, 2.75) is 32.7 Å². The van der Waals surface area contributed by atoms with Crippen LogP contribution in [0, 0.1) is 19.8 Å². The van der Waals surface area contributed by atoms with Crippen molar-refractivity contribution in [3.63, 3.8) is 0 Å². The van der Waals surface area contributed by atoms with Gasteiger partial charge in [-0.15, -0.1) is 0 Å². The molecule has 2 atom stereocenters. The van der Waals surface area contributed by atoms with Crippen molar-refractivity contribution in [2.24, 2.45) is 5.92 Å². The van der Waals surface area contributed by atoms with E-state index >= 15 is 0 Å². The summed E-state index contributed by atoms with van der Waals surface area (Å²) in [4.78, 5) is 12.1. The minimum absolute atomic E-state index is 0.146. The number of carbonyl (C=O) groups excluding carboxylic acids is 1. The normalized spacial score (nSPS) is 20.3. The number of hydrogen-bond acceptors (Lipinski definition) is 2. The van der Waals surface area contributed by atoms with Gasteiger partial charge in [-0.25, -0.2) is 0 Å². The van der Waals surface area contributed by atoms with Gasteiger partial charge in [0.25, 0.3) is 0 Å². The van der Waals surface area contributed by atoms with Crippen molar-refractivity contribution in [3.05, 3.63) is 53.3 Å². The van der Waals surface area contributed by atoms with E-state index in [4.69, 9.17) is 0 Å². The molecule has 1 aromatic carbocycles. The average molecular weight is 283 g/mol. The van der Waals surface area contributed by atoms with Crippen LogP contribution in [0.2, 0.25) is 0 Å². The summed E-state index contributed by atoms with van der Waals surface area (Å²) < 4.78 is 1.94. The molecule has 2 aromatic rings. The number of aromatic nitrogens is 2. The molecule has 1 aliphatic rings. The number of rotatable bonds is 5. The number of nitrogens with zero attached hydrogens (tertiary/aromatic N) is 2. The van der Waals surface area contributed by atoms with Gasteiger partial charge in [0.15, 0.2) is 0 Å². The lowest BCUT2D eigenvalue weighted by molar-refractivity contribution is -0.122. The molecule has 0 saturated heterocycles. The lowest BCUT2D eigenvalue weighted by atomic mass is 10.1. The molecule has 0 spiro atoms. The zero-order chi connectivity index (χ0) is 14.8. The molecule has 1 fully saturated rings. The van der Waals surface area contributed by atoms with E-state index in [0.29, 0.717) is 12.5 Å². The second-order valence-corrected chi connectivity index (χ2v) is 5.80. The highest BCUT2D eigenvalue weighted by Crippen LogP contribution is 2.47. The van der Waals surface area contributed by atoms with Crippen LogP contribution in [-0.2, 0) is 11.3 Å². The van der Waals surface area contributed by atoms with Crippen molar-refractivity contribution < 1.29 is 4.79 Å². The fourth-order valence-corrected chi connectivity index (χ4v) is 2.87. The fraction of sp³-hybridized carbons (Fsp3) is 0.412. The van der Waals surface area contributed by atoms with E-state index in [-0.39, 0.29) is 11.8 Å². The highest BCUT2D eigenvalue weighted by atomic mass is 16.2. The maximum atomic E-state index is 12.1. The lowest BCUT2D eigenvalue weighted by Crippen LogP contribution is -2.29. The van der Waals surface area contributed by atoms with E-state index in [0.717, 1.165) is 24.4 Å². The van der Waals surface area contributed by atoms with Gasteiger partial charge in [0.2, 0.25) is 5.91 Å². The van der Waals surface area contributed by atoms with Crippen LogP contribution in [0.5, 0.6) is 0 Å². The molecule has 1 saturated carbocycles. The first-order valence-electron chi connectivity index (χ1n) is 7.49. The van der Waals surface area contributed by atoms with Crippen LogP contribution in [0.15, 0.2) is 36.4 Å². The standard InChI is InChI=1S/C17H21N3O/c1-12-10-13(2)20(19-12)9-8-18-17(21)16-11-15(16)14-6-4-3-5-7-14/h3-7,10,15-16H,8-9,11H2,1-2H3,(H,18,21)/t15-,16-/m1/s1. The number of aryl methyl sites for hydroxylation is 2. The van der Waals surface area contributed by atoms with Gasteiger partial charge in [-0.2, -0.15) is 5.10 Å². The second kappa shape index (κ2) is 5.72. The average Bonchev–Trinajstić information content (AvgIpc) is 3.21. The van der Waals surface area contributed by atoms with Crippen LogP contribution in [-0.4, -0.2) is 22.2 Å². The first-order valence-corrected chi connectivity index (χ1v) is 7.49. The third-order valence-corrected chi connectivity index (χ3v) is 4.08. The Balaban J connectivity index is 1.47. The Morgan fingerprint density at radius 1 is 1.33 bits per heavy atom. The Labute approximate surface area is 125 Å². The third-order valence-electron chi connectivity index (χ3n) is 4.08. The number of hydrogen-bond donors (Lipinski definition) is 1. The van der Waals surface area contributed by atoms with E-state index in [2.05, 4.69) is 22.5 Å². The van der Waals surface area contributed by atoms with Crippen molar-refractivity contribution in [1.82, 2.24) is 15.1 Å². The molecule has 1 amide bonds. The van der Waals surface area contributed by atoms with E-state index in [9.17, 15) is 4.79 Å². The SMILES string of the molecule is Cc1cc(C)n(CCNC(=O)[C@@H]2C[C@@H]2c2ccccc2)n1. The predicted octanol–water partition coefficient (Wildman–Crippen LogP) is 2.42. The second-order valence-electron chi connectivity index (χ2n) is 5.80. The monoisotopic (exact) mass is 283 g/mol. The van der Waals surface area contributed by atoms with E-state index < -0.39 is 0 Å². The van der Waals surface area contributed by atoms with Crippen LogP contribution in [0.1, 0.15) is 29.3 Å². The summed E-state index contributed by atoms with van der Waals surface area (Å²) >= 11 is 0. The molecular formula is C17H21N3O. The molecule has 110 valence electrons. The Bertz CT molecular complexity index is 633. The van der Waals surface area contributed by atoms with E-state index in [1.165, 1.54) is 5.56 Å². The van der Waals surface area contributed by atoms with Gasteiger partial charge in [-0.05, 0) is 37.8 Å². The van der Waals surface area contributed by atoms with Crippen LogP contribution < -0.4 is 5.32 Å². The first-order chi connectivity index (χ1) is 10.1. The van der Waals surface area contributed by atoms with Gasteiger partial charge >= 0.3 is 0 Å². The molecule has 1 heterocycles. The molecule has 0 unspecified atom stereocenters. The highest BCUT2D eigenvalue weighted by Gasteiger charge is 2.43. The fourth-order valence-electron chi connectivity index (χ4n) is 2.87. The minimum atomic E-state index is 0.146. The molecule has 21 heavy (non-hydrogen) atoms. The van der Waals surface area contributed by atoms with E-state index in [1.807, 2.05) is 42.8 Å². The molecular weight excluding hydrogens is 262 g/mol. The van der Waals surface area contributed by atoms with Gasteiger partial charge < -0.3 is 5.32 Å². The summed E-state index contributed by atoms with van der Waals surface area (Å²) in [5.41, 5.74) is 3.43. The Hall–Kier alpha value is -2.10. The molecule has 4 nitrogen and oxygen atoms in total. The number of amides is 1. The third kappa shape index (κ3) is 3.15. The minimum Gasteiger partial charge on any atom is -0.354 e. The molecule has 1 aliphatic carbocycles. The van der Waals surface area contributed by atoms with Gasteiger partial charge in [0.05, 0.1) is 12.2 Å². The maximum Gasteiger partial charge on any atom is 0.223 e. The van der Waals surface area contributed by atoms with Crippen LogP contribution >= 0.6 is 0 Å². The quantitative estimate of drug-likeness (QED) is 0.916. The molecule has 0 bridgehead atoms. The molecule has 4 heteroatoms. The largest absolute Gasteiger partial charge is 0.354 e. The maximum absolute atomic E-state index is 12.1. The van der Waals surface area contributed by atoms with Crippen LogP contribution in [0.4, 0.5) is 0 Å². The molecule has 1 aromatic heterocycles. The number of carbonyl (C=O) groups is 1. The molecule has 3 rings (SSSR count). The highest BCUT2D eigenvalue weighted by molar-refractivity contribution is 5.82. The zero-order valence-corrected chi connectivity index (χ0v) is 12.5. The van der Waals surface area contributed by atoms with Crippen LogP contribution in [0.3, 0.4) is 0 Å². The van der Waals surface area contributed by atoms with Gasteiger partial charge in [-0.3, -0.25) is 9.48 Å². The summed E-state index contributed by atoms with van der Waals surface area (Å²) in [5, 5.41) is 7.42. The van der Waals surface area contributed by atoms with Crippen molar-refractivity contribution in [2.75, 3.05) is 6.54 Å². The van der Waals surface area contributed by atoms with Gasteiger partial charge in [0, 0.05) is 18.2 Å². The summed E-state index contributed by atoms with van der Waals surface area (Å²) in [6.45, 7) is 5.39. The van der Waals surface area contributed by atoms with Crippen LogP contribution in [0.25, 0.3) is 0 Å². The van der Waals surface area contributed by atoms with Crippen molar-refractivity contribution in [3.8, 4) is 0 Å². The Morgan fingerprint density at radius 3 is 2.76 bits per heavy atom. The lowest BCUT2D eigenvalue weighted by Gasteiger charge is -2.07. The van der Waals surface area contributed by atoms with Crippen molar-refractivity contribution in [1.29, 1.82) is 0 Å². The summed E-state index contributed by atoms with van der Waals surface area (Å²) in [6.07, 6.45) is 0.968. The molecule has 1 N–H and O–H groups in total. The van der Waals surface area contributed by atoms with Gasteiger partial charge in [-0.1, -0.05) is 30.3 Å². The van der Waals surface area contributed by atoms with Crippen molar-refractivity contribution >= 4 is 5.91 Å². The Morgan fingerprint density at radius 2 is 2.10 bits per heavy atom. The Kier molecular flexibility index (Phi) is 3.78. The molecule has 0 aliphatic heterocycles. The summed E-state index contributed by atoms with van der Waals surface area (Å²) in [7, 11) is 0. The summed E-state index contributed by atoms with van der Waals surface area (Å²) in [6, 6.07) is 12.3. The van der Waals surface area contributed by atoms with E-state index in [1.54, 1.807) is 0 Å². The zero-order valence-electron chi connectivity index (χ0n) is 12.5. The number of nitrogens with one attached hydrogen (secondary N) is 1. The first kappa shape index (κ1) is 13.9. The number of benzene rings is 1. The smallest absolute Gasteiger partial charge is 0.223 e. The predicted molar refractivity (Wildman–Crippen MR) is 82.0 cm³/mol. The summed E-state index contributed by atoms with van der Waals surface area (Å²) in [5.74, 6) is 0.720. The molecule has 0 radical (unpaired) electrons. The topological polar surface area (TPSA) is 46.9 Å².